The van der Waals surface area contributed by atoms with Gasteiger partial charge in [-0.3, -0.25) is 4.79 Å². The third-order valence-electron chi connectivity index (χ3n) is 5.63. The summed E-state index contributed by atoms with van der Waals surface area (Å²) in [4.78, 5) is 15.1. The van der Waals surface area contributed by atoms with E-state index in [9.17, 15) is 4.79 Å². The van der Waals surface area contributed by atoms with Crippen molar-refractivity contribution in [2.24, 2.45) is 5.92 Å². The molecule has 2 aromatic carbocycles. The fourth-order valence-corrected chi connectivity index (χ4v) is 4.24. The number of ether oxygens (including phenoxy) is 1. The molecule has 4 nitrogen and oxygen atoms in total. The third kappa shape index (κ3) is 2.99. The van der Waals surface area contributed by atoms with Crippen LogP contribution >= 0.6 is 0 Å². The second-order valence-corrected chi connectivity index (χ2v) is 7.90. The van der Waals surface area contributed by atoms with Gasteiger partial charge in [0, 0.05) is 29.1 Å². The van der Waals surface area contributed by atoms with E-state index in [2.05, 4.69) is 35.3 Å². The van der Waals surface area contributed by atoms with Crippen LogP contribution in [0, 0.1) is 12.8 Å². The Morgan fingerprint density at radius 3 is 2.88 bits per heavy atom. The summed E-state index contributed by atoms with van der Waals surface area (Å²) in [7, 11) is 4.09. The minimum atomic E-state index is -0.0364. The van der Waals surface area contributed by atoms with Crippen LogP contribution in [0.2, 0.25) is 0 Å². The van der Waals surface area contributed by atoms with Crippen LogP contribution in [-0.2, 0) is 16.8 Å². The summed E-state index contributed by atoms with van der Waals surface area (Å²) in [6.07, 6.45) is 1.83. The predicted octanol–water partition coefficient (Wildman–Crippen LogP) is 3.74. The topological polar surface area (TPSA) is 41.6 Å². The number of aryl methyl sites for hydroxylation is 1. The number of carbonyl (C=O) groups is 1. The van der Waals surface area contributed by atoms with Crippen LogP contribution < -0.4 is 10.1 Å². The van der Waals surface area contributed by atoms with Gasteiger partial charge in [0.1, 0.15) is 5.75 Å². The number of carbonyl (C=O) groups excluding carboxylic acids is 1. The highest BCUT2D eigenvalue weighted by molar-refractivity contribution is 5.97. The lowest BCUT2D eigenvalue weighted by molar-refractivity contribution is -0.117. The van der Waals surface area contributed by atoms with E-state index in [-0.39, 0.29) is 17.2 Å². The molecule has 1 saturated carbocycles. The first kappa shape index (κ1) is 17.1. The zero-order valence-electron chi connectivity index (χ0n) is 15.7. The van der Waals surface area contributed by atoms with Crippen LogP contribution in [0.3, 0.4) is 0 Å². The first-order valence-corrected chi connectivity index (χ1v) is 9.27. The lowest BCUT2D eigenvalue weighted by atomic mass is 9.87. The molecule has 1 heterocycles. The van der Waals surface area contributed by atoms with E-state index in [1.165, 1.54) is 11.1 Å². The molecule has 1 aliphatic heterocycles. The van der Waals surface area contributed by atoms with Crippen molar-refractivity contribution < 1.29 is 9.53 Å². The fraction of sp³-hybridized carbons (Fsp3) is 0.409. The van der Waals surface area contributed by atoms with Crippen molar-refractivity contribution in [1.82, 2.24) is 4.90 Å². The molecular weight excluding hydrogens is 324 g/mol. The Bertz CT molecular complexity index is 846. The smallest absolute Gasteiger partial charge is 0.228 e. The first-order valence-electron chi connectivity index (χ1n) is 9.27. The number of fused-ring (bicyclic) bond motifs is 2. The van der Waals surface area contributed by atoms with Gasteiger partial charge in [0.05, 0.1) is 6.61 Å². The predicted molar refractivity (Wildman–Crippen MR) is 104 cm³/mol. The standard InChI is InChI=1S/C22H26N2O2/c1-15-8-9-19(16(12-15)14-24(2)3)23-21(25)18-13-22(18)10-11-26-20-7-5-4-6-17(20)22/h4-9,12,18H,10-11,13-14H2,1-3H3,(H,23,25)/t18-,22-/m0/s1. The Kier molecular flexibility index (Phi) is 4.23. The van der Waals surface area contributed by atoms with Gasteiger partial charge >= 0.3 is 0 Å². The van der Waals surface area contributed by atoms with E-state index in [0.717, 1.165) is 36.4 Å². The monoisotopic (exact) mass is 350 g/mol. The van der Waals surface area contributed by atoms with Crippen molar-refractivity contribution in [1.29, 1.82) is 0 Å². The molecule has 0 bridgehead atoms. The van der Waals surface area contributed by atoms with Crippen molar-refractivity contribution in [3.05, 3.63) is 59.2 Å². The molecule has 2 atom stereocenters. The highest BCUT2D eigenvalue weighted by Crippen LogP contribution is 2.60. The molecule has 1 N–H and O–H groups in total. The molecule has 2 aliphatic rings. The summed E-state index contributed by atoms with van der Waals surface area (Å²) < 4.78 is 5.78. The van der Waals surface area contributed by atoms with Gasteiger partial charge in [-0.2, -0.15) is 0 Å². The molecular formula is C22H26N2O2. The Hall–Kier alpha value is -2.33. The summed E-state index contributed by atoms with van der Waals surface area (Å²) in [5, 5.41) is 3.20. The number of nitrogens with zero attached hydrogens (tertiary/aromatic N) is 1. The Labute approximate surface area is 155 Å². The van der Waals surface area contributed by atoms with Gasteiger partial charge in [-0.25, -0.2) is 0 Å². The molecule has 1 aliphatic carbocycles. The Morgan fingerprint density at radius 2 is 2.08 bits per heavy atom. The number of nitrogens with one attached hydrogen (secondary N) is 1. The lowest BCUT2D eigenvalue weighted by Gasteiger charge is -2.26. The molecule has 1 spiro atoms. The number of hydrogen-bond donors (Lipinski definition) is 1. The lowest BCUT2D eigenvalue weighted by Crippen LogP contribution is -2.27. The van der Waals surface area contributed by atoms with E-state index in [1.54, 1.807) is 0 Å². The highest BCUT2D eigenvalue weighted by atomic mass is 16.5. The minimum Gasteiger partial charge on any atom is -0.493 e. The summed E-state index contributed by atoms with van der Waals surface area (Å²) in [6, 6.07) is 14.4. The molecule has 0 saturated heterocycles. The largest absolute Gasteiger partial charge is 0.493 e. The van der Waals surface area contributed by atoms with E-state index in [4.69, 9.17) is 4.74 Å². The van der Waals surface area contributed by atoms with Gasteiger partial charge in [-0.1, -0.05) is 35.9 Å². The average molecular weight is 350 g/mol. The maximum Gasteiger partial charge on any atom is 0.228 e. The Balaban J connectivity index is 1.55. The second-order valence-electron chi connectivity index (χ2n) is 7.90. The average Bonchev–Trinajstić information content (AvgIpc) is 3.32. The van der Waals surface area contributed by atoms with Crippen molar-refractivity contribution in [3.63, 3.8) is 0 Å². The van der Waals surface area contributed by atoms with Gasteiger partial charge in [0.25, 0.3) is 0 Å². The van der Waals surface area contributed by atoms with E-state index in [0.29, 0.717) is 6.61 Å². The van der Waals surface area contributed by atoms with Crippen LogP contribution in [0.1, 0.15) is 29.5 Å². The first-order chi connectivity index (χ1) is 12.5. The van der Waals surface area contributed by atoms with Crippen molar-refractivity contribution in [2.75, 3.05) is 26.0 Å². The molecule has 26 heavy (non-hydrogen) atoms. The normalized spacial score (nSPS) is 23.5. The molecule has 2 aromatic rings. The second kappa shape index (κ2) is 6.44. The molecule has 0 unspecified atom stereocenters. The Morgan fingerprint density at radius 1 is 1.27 bits per heavy atom. The zero-order valence-corrected chi connectivity index (χ0v) is 15.7. The third-order valence-corrected chi connectivity index (χ3v) is 5.63. The summed E-state index contributed by atoms with van der Waals surface area (Å²) in [5.74, 6) is 1.10. The molecule has 1 amide bonds. The van der Waals surface area contributed by atoms with Gasteiger partial charge in [-0.05, 0) is 51.6 Å². The summed E-state index contributed by atoms with van der Waals surface area (Å²) in [6.45, 7) is 3.58. The summed E-state index contributed by atoms with van der Waals surface area (Å²) >= 11 is 0. The number of anilines is 1. The van der Waals surface area contributed by atoms with Crippen LogP contribution in [-0.4, -0.2) is 31.5 Å². The van der Waals surface area contributed by atoms with Crippen molar-refractivity contribution >= 4 is 11.6 Å². The van der Waals surface area contributed by atoms with Gasteiger partial charge in [-0.15, -0.1) is 0 Å². The molecule has 4 heteroatoms. The quantitative estimate of drug-likeness (QED) is 0.913. The van der Waals surface area contributed by atoms with E-state index in [1.807, 2.05) is 38.4 Å². The van der Waals surface area contributed by atoms with Crippen molar-refractivity contribution in [3.8, 4) is 5.75 Å². The molecule has 1 fully saturated rings. The summed E-state index contributed by atoms with van der Waals surface area (Å²) in [5.41, 5.74) is 4.46. The maximum absolute atomic E-state index is 13.0. The zero-order chi connectivity index (χ0) is 18.3. The number of amides is 1. The van der Waals surface area contributed by atoms with Crippen LogP contribution in [0.15, 0.2) is 42.5 Å². The minimum absolute atomic E-state index is 0.0288. The highest BCUT2D eigenvalue weighted by Gasteiger charge is 2.61. The molecule has 136 valence electrons. The number of hydrogen-bond acceptors (Lipinski definition) is 3. The van der Waals surface area contributed by atoms with Gasteiger partial charge in [0.15, 0.2) is 0 Å². The maximum atomic E-state index is 13.0. The molecule has 0 radical (unpaired) electrons. The van der Waals surface area contributed by atoms with Crippen LogP contribution in [0.4, 0.5) is 5.69 Å². The number of rotatable bonds is 4. The van der Waals surface area contributed by atoms with Crippen molar-refractivity contribution in [2.45, 2.75) is 31.7 Å². The van der Waals surface area contributed by atoms with Crippen LogP contribution in [0.5, 0.6) is 5.75 Å². The van der Waals surface area contributed by atoms with E-state index >= 15 is 0 Å². The van der Waals surface area contributed by atoms with Gasteiger partial charge in [0.2, 0.25) is 5.91 Å². The number of benzene rings is 2. The number of para-hydroxylation sites is 1. The van der Waals surface area contributed by atoms with Gasteiger partial charge < -0.3 is 15.0 Å². The molecule has 0 aromatic heterocycles. The fourth-order valence-electron chi connectivity index (χ4n) is 4.24. The molecule has 4 rings (SSSR count). The SMILES string of the molecule is Cc1ccc(NC(=O)[C@@H]2C[C@]23CCOc2ccccc23)c(CN(C)C)c1. The van der Waals surface area contributed by atoms with E-state index < -0.39 is 0 Å². The van der Waals surface area contributed by atoms with Crippen LogP contribution in [0.25, 0.3) is 0 Å².